The molecule has 0 bridgehead atoms. The SMILES string of the molecule is COc1ccc(Cl)cc1NC(=O)CN(C)C(C)(C)CO. The van der Waals surface area contributed by atoms with Crippen LogP contribution in [0.25, 0.3) is 0 Å². The molecule has 0 aliphatic heterocycles. The number of carbonyl (C=O) groups is 1. The summed E-state index contributed by atoms with van der Waals surface area (Å²) in [5.41, 5.74) is 0.0654. The van der Waals surface area contributed by atoms with E-state index in [4.69, 9.17) is 16.3 Å². The normalized spacial score (nSPS) is 11.6. The molecule has 112 valence electrons. The van der Waals surface area contributed by atoms with E-state index in [-0.39, 0.29) is 19.1 Å². The summed E-state index contributed by atoms with van der Waals surface area (Å²) >= 11 is 5.91. The molecule has 0 aliphatic rings. The summed E-state index contributed by atoms with van der Waals surface area (Å²) in [6, 6.07) is 5.02. The van der Waals surface area contributed by atoms with Crippen LogP contribution in [0.15, 0.2) is 18.2 Å². The summed E-state index contributed by atoms with van der Waals surface area (Å²) < 4.78 is 5.17. The minimum Gasteiger partial charge on any atom is -0.495 e. The maximum absolute atomic E-state index is 12.0. The highest BCUT2D eigenvalue weighted by molar-refractivity contribution is 6.31. The number of aliphatic hydroxyl groups is 1. The van der Waals surface area contributed by atoms with Crippen LogP contribution in [0.2, 0.25) is 5.02 Å². The molecule has 0 fully saturated rings. The second-order valence-corrected chi connectivity index (χ2v) is 5.66. The molecule has 0 heterocycles. The first-order chi connectivity index (χ1) is 9.30. The zero-order chi connectivity index (χ0) is 15.3. The first-order valence-corrected chi connectivity index (χ1v) is 6.63. The highest BCUT2D eigenvalue weighted by atomic mass is 35.5. The molecular formula is C14H21ClN2O3. The van der Waals surface area contributed by atoms with Crippen molar-refractivity contribution >= 4 is 23.2 Å². The third-order valence-corrected chi connectivity index (χ3v) is 3.47. The fourth-order valence-corrected chi connectivity index (χ4v) is 1.69. The van der Waals surface area contributed by atoms with Crippen LogP contribution in [0, 0.1) is 0 Å². The van der Waals surface area contributed by atoms with Crippen molar-refractivity contribution in [3.8, 4) is 5.75 Å². The Morgan fingerprint density at radius 3 is 2.70 bits per heavy atom. The van der Waals surface area contributed by atoms with E-state index in [1.807, 2.05) is 13.8 Å². The number of benzene rings is 1. The Labute approximate surface area is 124 Å². The van der Waals surface area contributed by atoms with Crippen LogP contribution in [0.3, 0.4) is 0 Å². The average molecular weight is 301 g/mol. The maximum Gasteiger partial charge on any atom is 0.238 e. The van der Waals surface area contributed by atoms with Gasteiger partial charge in [0.15, 0.2) is 0 Å². The van der Waals surface area contributed by atoms with Gasteiger partial charge in [0.25, 0.3) is 0 Å². The molecular weight excluding hydrogens is 280 g/mol. The lowest BCUT2D eigenvalue weighted by atomic mass is 10.1. The van der Waals surface area contributed by atoms with Gasteiger partial charge in [0.1, 0.15) is 5.75 Å². The van der Waals surface area contributed by atoms with Gasteiger partial charge < -0.3 is 15.2 Å². The zero-order valence-corrected chi connectivity index (χ0v) is 13.0. The van der Waals surface area contributed by atoms with Crippen LogP contribution < -0.4 is 10.1 Å². The monoisotopic (exact) mass is 300 g/mol. The molecule has 0 saturated heterocycles. The molecule has 1 rings (SSSR count). The third-order valence-electron chi connectivity index (χ3n) is 3.24. The number of methoxy groups -OCH3 is 1. The molecule has 1 amide bonds. The smallest absolute Gasteiger partial charge is 0.238 e. The lowest BCUT2D eigenvalue weighted by molar-refractivity contribution is -0.118. The van der Waals surface area contributed by atoms with Crippen molar-refractivity contribution in [1.29, 1.82) is 0 Å². The largest absolute Gasteiger partial charge is 0.495 e. The quantitative estimate of drug-likeness (QED) is 0.843. The lowest BCUT2D eigenvalue weighted by Gasteiger charge is -2.33. The summed E-state index contributed by atoms with van der Waals surface area (Å²) in [6.45, 7) is 3.85. The first-order valence-electron chi connectivity index (χ1n) is 6.25. The van der Waals surface area contributed by atoms with Gasteiger partial charge in [-0.25, -0.2) is 0 Å². The van der Waals surface area contributed by atoms with Gasteiger partial charge in [0.2, 0.25) is 5.91 Å². The number of nitrogens with zero attached hydrogens (tertiary/aromatic N) is 1. The van der Waals surface area contributed by atoms with E-state index >= 15 is 0 Å². The number of rotatable bonds is 6. The minimum absolute atomic E-state index is 0.0305. The second kappa shape index (κ2) is 6.92. The highest BCUT2D eigenvalue weighted by Crippen LogP contribution is 2.27. The van der Waals surface area contributed by atoms with Crippen LogP contribution in [-0.4, -0.2) is 48.8 Å². The Balaban J connectivity index is 2.74. The summed E-state index contributed by atoms with van der Waals surface area (Å²) in [7, 11) is 3.31. The number of amides is 1. The van der Waals surface area contributed by atoms with Crippen molar-refractivity contribution in [3.05, 3.63) is 23.2 Å². The molecule has 20 heavy (non-hydrogen) atoms. The summed E-state index contributed by atoms with van der Waals surface area (Å²) in [5.74, 6) is 0.349. The number of anilines is 1. The third kappa shape index (κ3) is 4.37. The first kappa shape index (κ1) is 16.8. The molecule has 1 aromatic rings. The van der Waals surface area contributed by atoms with Gasteiger partial charge in [-0.05, 0) is 39.1 Å². The summed E-state index contributed by atoms with van der Waals surface area (Å²) in [4.78, 5) is 13.8. The molecule has 0 atom stereocenters. The Bertz CT molecular complexity index is 477. The number of hydrogen-bond donors (Lipinski definition) is 2. The van der Waals surface area contributed by atoms with Crippen molar-refractivity contribution in [3.63, 3.8) is 0 Å². The van der Waals surface area contributed by atoms with Crippen LogP contribution >= 0.6 is 11.6 Å². The molecule has 0 spiro atoms. The van der Waals surface area contributed by atoms with Crippen molar-refractivity contribution in [1.82, 2.24) is 4.90 Å². The molecule has 0 aliphatic carbocycles. The van der Waals surface area contributed by atoms with Crippen molar-refractivity contribution in [2.75, 3.05) is 32.6 Å². The zero-order valence-electron chi connectivity index (χ0n) is 12.2. The number of likely N-dealkylation sites (N-methyl/N-ethyl adjacent to an activating group) is 1. The van der Waals surface area contributed by atoms with E-state index in [1.54, 1.807) is 30.1 Å². The van der Waals surface area contributed by atoms with Gasteiger partial charge in [-0.3, -0.25) is 9.69 Å². The molecule has 1 aromatic carbocycles. The molecule has 0 unspecified atom stereocenters. The fourth-order valence-electron chi connectivity index (χ4n) is 1.52. The number of aliphatic hydroxyl groups excluding tert-OH is 1. The lowest BCUT2D eigenvalue weighted by Crippen LogP contribution is -2.47. The van der Waals surface area contributed by atoms with Gasteiger partial charge in [-0.2, -0.15) is 0 Å². The van der Waals surface area contributed by atoms with Crippen LogP contribution in [0.5, 0.6) is 5.75 Å². The highest BCUT2D eigenvalue weighted by Gasteiger charge is 2.24. The van der Waals surface area contributed by atoms with Gasteiger partial charge >= 0.3 is 0 Å². The number of carbonyl (C=O) groups excluding carboxylic acids is 1. The Hall–Kier alpha value is -1.30. The Morgan fingerprint density at radius 1 is 1.50 bits per heavy atom. The predicted molar refractivity (Wildman–Crippen MR) is 80.4 cm³/mol. The van der Waals surface area contributed by atoms with Crippen LogP contribution in [-0.2, 0) is 4.79 Å². The van der Waals surface area contributed by atoms with E-state index in [9.17, 15) is 9.90 Å². The van der Waals surface area contributed by atoms with Crippen LogP contribution in [0.1, 0.15) is 13.8 Å². The fraction of sp³-hybridized carbons (Fsp3) is 0.500. The molecule has 2 N–H and O–H groups in total. The van der Waals surface area contributed by atoms with E-state index in [1.165, 1.54) is 7.11 Å². The number of halogens is 1. The topological polar surface area (TPSA) is 61.8 Å². The maximum atomic E-state index is 12.0. The predicted octanol–water partition coefficient (Wildman–Crippen LogP) is 1.99. The number of nitrogens with one attached hydrogen (secondary N) is 1. The summed E-state index contributed by atoms with van der Waals surface area (Å²) in [5, 5.41) is 12.6. The van der Waals surface area contributed by atoms with E-state index in [2.05, 4.69) is 5.32 Å². The van der Waals surface area contributed by atoms with Gasteiger partial charge in [-0.15, -0.1) is 0 Å². The molecule has 6 heteroatoms. The van der Waals surface area contributed by atoms with Crippen molar-refractivity contribution in [2.24, 2.45) is 0 Å². The molecule has 0 radical (unpaired) electrons. The van der Waals surface area contributed by atoms with Gasteiger partial charge in [-0.1, -0.05) is 11.6 Å². The second-order valence-electron chi connectivity index (χ2n) is 5.22. The summed E-state index contributed by atoms with van der Waals surface area (Å²) in [6.07, 6.45) is 0. The van der Waals surface area contributed by atoms with E-state index < -0.39 is 5.54 Å². The molecule has 0 saturated carbocycles. The van der Waals surface area contributed by atoms with E-state index in [0.29, 0.717) is 16.5 Å². The average Bonchev–Trinajstić information content (AvgIpc) is 2.38. The van der Waals surface area contributed by atoms with Gasteiger partial charge in [0, 0.05) is 10.6 Å². The minimum atomic E-state index is -0.463. The number of hydrogen-bond acceptors (Lipinski definition) is 4. The number of ether oxygens (including phenoxy) is 1. The standard InChI is InChI=1S/C14H21ClN2O3/c1-14(2,9-18)17(3)8-13(19)16-11-7-10(15)5-6-12(11)20-4/h5-7,18H,8-9H2,1-4H3,(H,16,19). The Morgan fingerprint density at radius 2 is 2.15 bits per heavy atom. The Kier molecular flexibility index (Phi) is 5.80. The van der Waals surface area contributed by atoms with Crippen LogP contribution in [0.4, 0.5) is 5.69 Å². The van der Waals surface area contributed by atoms with E-state index in [0.717, 1.165) is 0 Å². The molecule has 0 aromatic heterocycles. The van der Waals surface area contributed by atoms with Crippen molar-refractivity contribution in [2.45, 2.75) is 19.4 Å². The molecule has 5 nitrogen and oxygen atoms in total. The van der Waals surface area contributed by atoms with Gasteiger partial charge in [0.05, 0.1) is 25.9 Å². The van der Waals surface area contributed by atoms with Crippen molar-refractivity contribution < 1.29 is 14.6 Å².